The van der Waals surface area contributed by atoms with Gasteiger partial charge in [0.2, 0.25) is 0 Å². The number of aromatic nitrogens is 3. The van der Waals surface area contributed by atoms with Crippen molar-refractivity contribution in [3.05, 3.63) is 41.5 Å². The molecule has 0 saturated carbocycles. The number of halogens is 1. The van der Waals surface area contributed by atoms with Gasteiger partial charge in [-0.25, -0.2) is 14.2 Å². The standard InChI is InChI=1S/C21H24FN7O/c1-13-18(22)16(11-14-12-27(2)26-19(13)14)25-21(30)29-8-4-15-17(3-5-24-20(15)29)28-9-6-23-7-10-28/h3,5,11-12,23H,4,6-10H2,1-2H3,(H,25,30). The molecule has 2 aromatic heterocycles. The molecule has 156 valence electrons. The van der Waals surface area contributed by atoms with Gasteiger partial charge in [0.25, 0.3) is 0 Å². The van der Waals surface area contributed by atoms with Gasteiger partial charge in [-0.2, -0.15) is 5.10 Å². The summed E-state index contributed by atoms with van der Waals surface area (Å²) < 4.78 is 16.5. The molecule has 0 radical (unpaired) electrons. The summed E-state index contributed by atoms with van der Waals surface area (Å²) in [5.41, 5.74) is 3.39. The average Bonchev–Trinajstić information content (AvgIpc) is 3.35. The summed E-state index contributed by atoms with van der Waals surface area (Å²) >= 11 is 0. The molecular formula is C21H24FN7O. The molecule has 4 heterocycles. The van der Waals surface area contributed by atoms with E-state index < -0.39 is 5.82 Å². The van der Waals surface area contributed by atoms with E-state index in [1.807, 2.05) is 12.3 Å². The molecule has 1 saturated heterocycles. The third-order valence-corrected chi connectivity index (χ3v) is 5.87. The molecule has 1 aromatic carbocycles. The second kappa shape index (κ2) is 7.24. The Labute approximate surface area is 173 Å². The molecule has 2 aliphatic heterocycles. The third-order valence-electron chi connectivity index (χ3n) is 5.87. The Morgan fingerprint density at radius 3 is 2.87 bits per heavy atom. The Kier molecular flexibility index (Phi) is 4.54. The highest BCUT2D eigenvalue weighted by Gasteiger charge is 2.30. The first-order chi connectivity index (χ1) is 14.5. The summed E-state index contributed by atoms with van der Waals surface area (Å²) in [6.45, 7) is 5.93. The number of carbonyl (C=O) groups excluding carboxylic acids is 1. The lowest BCUT2D eigenvalue weighted by Gasteiger charge is -2.31. The number of fused-ring (bicyclic) bond motifs is 2. The van der Waals surface area contributed by atoms with Crippen LogP contribution in [-0.2, 0) is 13.5 Å². The minimum Gasteiger partial charge on any atom is -0.369 e. The van der Waals surface area contributed by atoms with Gasteiger partial charge in [0.1, 0.15) is 5.82 Å². The number of benzene rings is 1. The zero-order valence-corrected chi connectivity index (χ0v) is 17.1. The van der Waals surface area contributed by atoms with E-state index in [4.69, 9.17) is 0 Å². The van der Waals surface area contributed by atoms with E-state index >= 15 is 0 Å². The lowest BCUT2D eigenvalue weighted by atomic mass is 10.1. The van der Waals surface area contributed by atoms with Gasteiger partial charge >= 0.3 is 6.03 Å². The fraction of sp³-hybridized carbons (Fsp3) is 0.381. The molecule has 2 amide bonds. The highest BCUT2D eigenvalue weighted by molar-refractivity contribution is 6.04. The van der Waals surface area contributed by atoms with Crippen molar-refractivity contribution in [2.45, 2.75) is 13.3 Å². The van der Waals surface area contributed by atoms with E-state index in [9.17, 15) is 9.18 Å². The van der Waals surface area contributed by atoms with Crippen LogP contribution in [0, 0.1) is 12.7 Å². The lowest BCUT2D eigenvalue weighted by Crippen LogP contribution is -2.43. The van der Waals surface area contributed by atoms with E-state index in [1.165, 1.54) is 0 Å². The molecule has 1 fully saturated rings. The number of amides is 2. The first kappa shape index (κ1) is 18.8. The number of rotatable bonds is 2. The first-order valence-corrected chi connectivity index (χ1v) is 10.2. The van der Waals surface area contributed by atoms with Crippen molar-refractivity contribution >= 4 is 34.1 Å². The zero-order valence-electron chi connectivity index (χ0n) is 17.1. The number of urea groups is 1. The molecule has 0 aliphatic carbocycles. The molecule has 0 spiro atoms. The summed E-state index contributed by atoms with van der Waals surface area (Å²) in [6.07, 6.45) is 4.29. The van der Waals surface area contributed by atoms with Crippen LogP contribution in [0.15, 0.2) is 24.5 Å². The van der Waals surface area contributed by atoms with Gasteiger partial charge in [-0.15, -0.1) is 0 Å². The Balaban J connectivity index is 1.43. The van der Waals surface area contributed by atoms with Crippen molar-refractivity contribution in [3.8, 4) is 0 Å². The molecule has 0 atom stereocenters. The van der Waals surface area contributed by atoms with E-state index in [1.54, 1.807) is 35.8 Å². The molecule has 2 aliphatic rings. The summed E-state index contributed by atoms with van der Waals surface area (Å²) in [7, 11) is 1.79. The van der Waals surface area contributed by atoms with Crippen LogP contribution in [0.5, 0.6) is 0 Å². The van der Waals surface area contributed by atoms with Crippen molar-refractivity contribution in [1.82, 2.24) is 20.1 Å². The third kappa shape index (κ3) is 3.06. The van der Waals surface area contributed by atoms with Crippen LogP contribution >= 0.6 is 0 Å². The largest absolute Gasteiger partial charge is 0.369 e. The Morgan fingerprint density at radius 1 is 1.27 bits per heavy atom. The minimum atomic E-state index is -0.462. The second-order valence-corrected chi connectivity index (χ2v) is 7.80. The molecule has 2 N–H and O–H groups in total. The van der Waals surface area contributed by atoms with Gasteiger partial charge in [0.15, 0.2) is 5.82 Å². The van der Waals surface area contributed by atoms with E-state index in [0.717, 1.165) is 49.2 Å². The summed E-state index contributed by atoms with van der Waals surface area (Å²) in [6, 6.07) is 3.27. The average molecular weight is 409 g/mol. The molecule has 8 nitrogen and oxygen atoms in total. The number of nitrogens with one attached hydrogen (secondary N) is 2. The molecule has 9 heteroatoms. The van der Waals surface area contributed by atoms with E-state index in [2.05, 4.69) is 25.6 Å². The fourth-order valence-electron chi connectivity index (χ4n) is 4.38. The van der Waals surface area contributed by atoms with Crippen LogP contribution in [0.25, 0.3) is 10.9 Å². The van der Waals surface area contributed by atoms with Crippen LogP contribution in [0.3, 0.4) is 0 Å². The molecular weight excluding hydrogens is 385 g/mol. The quantitative estimate of drug-likeness (QED) is 0.680. The fourth-order valence-corrected chi connectivity index (χ4v) is 4.38. The molecule has 0 bridgehead atoms. The SMILES string of the molecule is Cc1c(F)c(NC(=O)N2CCc3c(N4CCNCC4)ccnc32)cc2cn(C)nc12. The van der Waals surface area contributed by atoms with Crippen LogP contribution in [0.1, 0.15) is 11.1 Å². The Morgan fingerprint density at radius 2 is 2.07 bits per heavy atom. The second-order valence-electron chi connectivity index (χ2n) is 7.80. The topological polar surface area (TPSA) is 78.3 Å². The monoisotopic (exact) mass is 409 g/mol. The highest BCUT2D eigenvalue weighted by atomic mass is 19.1. The zero-order chi connectivity index (χ0) is 20.8. The molecule has 3 aromatic rings. The van der Waals surface area contributed by atoms with Crippen LogP contribution in [-0.4, -0.2) is 53.5 Å². The smallest absolute Gasteiger partial charge is 0.327 e. The van der Waals surface area contributed by atoms with Gasteiger partial charge in [-0.1, -0.05) is 0 Å². The predicted octanol–water partition coefficient (Wildman–Crippen LogP) is 2.42. The Bertz CT molecular complexity index is 1140. The maximum absolute atomic E-state index is 14.9. The van der Waals surface area contributed by atoms with Crippen molar-refractivity contribution in [3.63, 3.8) is 0 Å². The number of aryl methyl sites for hydroxylation is 2. The molecule has 0 unspecified atom stereocenters. The maximum Gasteiger partial charge on any atom is 0.327 e. The van der Waals surface area contributed by atoms with Gasteiger partial charge in [0.05, 0.1) is 11.2 Å². The number of hydrogen-bond donors (Lipinski definition) is 2. The number of anilines is 3. The lowest BCUT2D eigenvalue weighted by molar-refractivity contribution is 0.257. The number of carbonyl (C=O) groups is 1. The van der Waals surface area contributed by atoms with Gasteiger partial charge < -0.3 is 15.5 Å². The molecule has 30 heavy (non-hydrogen) atoms. The van der Waals surface area contributed by atoms with Crippen molar-refractivity contribution in [2.75, 3.05) is 47.8 Å². The number of pyridine rings is 1. The van der Waals surface area contributed by atoms with Gasteiger partial charge in [-0.05, 0) is 25.5 Å². The Hall–Kier alpha value is -3.20. The van der Waals surface area contributed by atoms with Crippen LogP contribution in [0.4, 0.5) is 26.4 Å². The van der Waals surface area contributed by atoms with E-state index in [-0.39, 0.29) is 11.7 Å². The number of hydrogen-bond acceptors (Lipinski definition) is 5. The summed E-state index contributed by atoms with van der Waals surface area (Å²) in [5.74, 6) is 0.194. The summed E-state index contributed by atoms with van der Waals surface area (Å²) in [4.78, 5) is 21.4. The van der Waals surface area contributed by atoms with Crippen molar-refractivity contribution in [1.29, 1.82) is 0 Å². The molecule has 5 rings (SSSR count). The minimum absolute atomic E-state index is 0.157. The summed E-state index contributed by atoms with van der Waals surface area (Å²) in [5, 5.41) is 11.2. The van der Waals surface area contributed by atoms with Crippen LogP contribution < -0.4 is 20.4 Å². The number of piperazine rings is 1. The van der Waals surface area contributed by atoms with E-state index in [0.29, 0.717) is 23.4 Å². The van der Waals surface area contributed by atoms with Crippen LogP contribution in [0.2, 0.25) is 0 Å². The van der Waals surface area contributed by atoms with Gasteiger partial charge in [-0.3, -0.25) is 9.58 Å². The normalized spacial score (nSPS) is 16.2. The van der Waals surface area contributed by atoms with Crippen molar-refractivity contribution < 1.29 is 9.18 Å². The maximum atomic E-state index is 14.9. The number of nitrogens with zero attached hydrogens (tertiary/aromatic N) is 5. The first-order valence-electron chi connectivity index (χ1n) is 10.2. The highest BCUT2D eigenvalue weighted by Crippen LogP contribution is 2.35. The van der Waals surface area contributed by atoms with Gasteiger partial charge in [0, 0.05) is 74.4 Å². The van der Waals surface area contributed by atoms with Crippen molar-refractivity contribution in [2.24, 2.45) is 7.05 Å². The predicted molar refractivity (Wildman–Crippen MR) is 115 cm³/mol.